The summed E-state index contributed by atoms with van der Waals surface area (Å²) in [4.78, 5) is 11.6. The summed E-state index contributed by atoms with van der Waals surface area (Å²) < 4.78 is 20.4. The fourth-order valence-electron chi connectivity index (χ4n) is 1.74. The van der Waals surface area contributed by atoms with Gasteiger partial charge in [0.2, 0.25) is 0 Å². The number of carbonyl (C=O) groups is 1. The monoisotopic (exact) mass is 261 g/mol. The number of methoxy groups -OCH3 is 2. The summed E-state index contributed by atoms with van der Waals surface area (Å²) in [6.45, 7) is 2.84. The Labute approximate surface area is 108 Å². The summed E-state index contributed by atoms with van der Waals surface area (Å²) in [7, 11) is 3.28. The zero-order chi connectivity index (χ0) is 13.2. The van der Waals surface area contributed by atoms with E-state index in [1.54, 1.807) is 14.2 Å². The summed E-state index contributed by atoms with van der Waals surface area (Å²) in [5.41, 5.74) is 0. The van der Waals surface area contributed by atoms with Crippen LogP contribution in [0.4, 0.5) is 0 Å². The second-order valence-electron chi connectivity index (χ2n) is 4.18. The van der Waals surface area contributed by atoms with E-state index in [2.05, 4.69) is 5.32 Å². The van der Waals surface area contributed by atoms with Gasteiger partial charge in [0.25, 0.3) is 0 Å². The first-order valence-corrected chi connectivity index (χ1v) is 6.27. The lowest BCUT2D eigenvalue weighted by Gasteiger charge is -2.10. The molecule has 0 saturated carbocycles. The highest BCUT2D eigenvalue weighted by Crippen LogP contribution is 2.10. The van der Waals surface area contributed by atoms with Gasteiger partial charge in [-0.05, 0) is 0 Å². The zero-order valence-electron chi connectivity index (χ0n) is 11.1. The van der Waals surface area contributed by atoms with Gasteiger partial charge < -0.3 is 24.3 Å². The molecular formula is C12H23NO5. The van der Waals surface area contributed by atoms with Gasteiger partial charge in [-0.2, -0.15) is 0 Å². The molecule has 1 heterocycles. The molecule has 0 amide bonds. The average Bonchev–Trinajstić information content (AvgIpc) is 2.86. The minimum absolute atomic E-state index is 0.111. The molecule has 1 aliphatic heterocycles. The van der Waals surface area contributed by atoms with Gasteiger partial charge in [-0.3, -0.25) is 4.79 Å². The Morgan fingerprint density at radius 1 is 1.22 bits per heavy atom. The lowest BCUT2D eigenvalue weighted by molar-refractivity contribution is -0.146. The Hall–Kier alpha value is -0.690. The number of nitrogens with one attached hydrogen (secondary N) is 1. The molecule has 0 aromatic rings. The van der Waals surface area contributed by atoms with Crippen molar-refractivity contribution in [3.05, 3.63) is 0 Å². The van der Waals surface area contributed by atoms with Crippen molar-refractivity contribution in [2.75, 3.05) is 47.2 Å². The van der Waals surface area contributed by atoms with Crippen LogP contribution in [0.25, 0.3) is 0 Å². The maximum atomic E-state index is 11.6. The number of rotatable bonds is 9. The molecule has 1 aliphatic rings. The minimum atomic E-state index is -0.232. The number of esters is 1. The first-order chi connectivity index (χ1) is 8.77. The van der Waals surface area contributed by atoms with E-state index >= 15 is 0 Å². The maximum absolute atomic E-state index is 11.6. The quantitative estimate of drug-likeness (QED) is 0.464. The third-order valence-electron chi connectivity index (χ3n) is 2.82. The fraction of sp³-hybridized carbons (Fsp3) is 0.917. The summed E-state index contributed by atoms with van der Waals surface area (Å²) in [5.74, 6) is -0.202. The van der Waals surface area contributed by atoms with Gasteiger partial charge >= 0.3 is 5.97 Å². The van der Waals surface area contributed by atoms with Crippen LogP contribution in [0.5, 0.6) is 0 Å². The normalized spacial score (nSPS) is 23.2. The molecule has 106 valence electrons. The summed E-state index contributed by atoms with van der Waals surface area (Å²) >= 11 is 0. The maximum Gasteiger partial charge on any atom is 0.323 e. The lowest BCUT2D eigenvalue weighted by Crippen LogP contribution is -2.32. The largest absolute Gasteiger partial charge is 0.464 e. The Morgan fingerprint density at radius 3 is 2.72 bits per heavy atom. The van der Waals surface area contributed by atoms with E-state index < -0.39 is 0 Å². The van der Waals surface area contributed by atoms with Crippen molar-refractivity contribution in [3.8, 4) is 0 Å². The molecule has 0 spiro atoms. The first kappa shape index (κ1) is 15.4. The van der Waals surface area contributed by atoms with Crippen LogP contribution >= 0.6 is 0 Å². The molecule has 1 N–H and O–H groups in total. The molecule has 1 rings (SSSR count). The van der Waals surface area contributed by atoms with Gasteiger partial charge in [-0.15, -0.1) is 0 Å². The fourth-order valence-corrected chi connectivity index (χ4v) is 1.74. The Bertz CT molecular complexity index is 237. The second-order valence-corrected chi connectivity index (χ2v) is 4.18. The van der Waals surface area contributed by atoms with Gasteiger partial charge in [0, 0.05) is 40.2 Å². The van der Waals surface area contributed by atoms with Gasteiger partial charge in [0.1, 0.15) is 6.04 Å². The molecule has 6 heteroatoms. The topological polar surface area (TPSA) is 66.0 Å². The standard InChI is InChI=1S/C12H23NO5/c1-15-6-7-17-4-3-5-18-12(14)11-8-10(16-2)9-13-11/h10-11,13H,3-9H2,1-2H3. The predicted octanol–water partition coefficient (Wildman–Crippen LogP) is -0.0404. The molecule has 0 bridgehead atoms. The third kappa shape index (κ3) is 5.77. The van der Waals surface area contributed by atoms with E-state index in [9.17, 15) is 4.79 Å². The van der Waals surface area contributed by atoms with Crippen molar-refractivity contribution in [3.63, 3.8) is 0 Å². The highest BCUT2D eigenvalue weighted by molar-refractivity contribution is 5.76. The molecule has 0 aromatic carbocycles. The van der Waals surface area contributed by atoms with E-state index in [0.29, 0.717) is 45.8 Å². The van der Waals surface area contributed by atoms with Crippen molar-refractivity contribution in [2.45, 2.75) is 25.0 Å². The summed E-state index contributed by atoms with van der Waals surface area (Å²) in [6, 6.07) is -0.232. The number of hydrogen-bond acceptors (Lipinski definition) is 6. The predicted molar refractivity (Wildman–Crippen MR) is 65.5 cm³/mol. The number of ether oxygens (including phenoxy) is 4. The molecular weight excluding hydrogens is 238 g/mol. The molecule has 1 fully saturated rings. The molecule has 2 unspecified atom stereocenters. The SMILES string of the molecule is COCCOCCCOC(=O)C1CC(OC)CN1. The van der Waals surface area contributed by atoms with Crippen molar-refractivity contribution in [2.24, 2.45) is 0 Å². The van der Waals surface area contributed by atoms with Crippen LogP contribution in [-0.4, -0.2) is 65.3 Å². The van der Waals surface area contributed by atoms with Crippen LogP contribution in [0, 0.1) is 0 Å². The summed E-state index contributed by atoms with van der Waals surface area (Å²) in [6.07, 6.45) is 1.50. The van der Waals surface area contributed by atoms with Crippen LogP contribution in [0.2, 0.25) is 0 Å². The number of carbonyl (C=O) groups excluding carboxylic acids is 1. The van der Waals surface area contributed by atoms with Gasteiger partial charge in [-0.1, -0.05) is 0 Å². The zero-order valence-corrected chi connectivity index (χ0v) is 11.1. The highest BCUT2D eigenvalue weighted by Gasteiger charge is 2.30. The number of hydrogen-bond donors (Lipinski definition) is 1. The molecule has 18 heavy (non-hydrogen) atoms. The van der Waals surface area contributed by atoms with E-state index in [1.165, 1.54) is 0 Å². The summed E-state index contributed by atoms with van der Waals surface area (Å²) in [5, 5.41) is 3.08. The third-order valence-corrected chi connectivity index (χ3v) is 2.82. The van der Waals surface area contributed by atoms with Crippen molar-refractivity contribution in [1.82, 2.24) is 5.32 Å². The highest BCUT2D eigenvalue weighted by atomic mass is 16.5. The first-order valence-electron chi connectivity index (χ1n) is 6.27. The Balaban J connectivity index is 1.97. The van der Waals surface area contributed by atoms with Gasteiger partial charge in [0.15, 0.2) is 0 Å². The van der Waals surface area contributed by atoms with E-state index in [-0.39, 0.29) is 18.1 Å². The Kier molecular flexibility index (Phi) is 7.91. The van der Waals surface area contributed by atoms with Gasteiger partial charge in [0.05, 0.1) is 25.9 Å². The smallest absolute Gasteiger partial charge is 0.323 e. The molecule has 6 nitrogen and oxygen atoms in total. The molecule has 0 radical (unpaired) electrons. The van der Waals surface area contributed by atoms with Crippen LogP contribution in [0.1, 0.15) is 12.8 Å². The lowest BCUT2D eigenvalue weighted by atomic mass is 10.2. The van der Waals surface area contributed by atoms with Crippen molar-refractivity contribution >= 4 is 5.97 Å². The van der Waals surface area contributed by atoms with E-state index in [4.69, 9.17) is 18.9 Å². The van der Waals surface area contributed by atoms with Crippen molar-refractivity contribution < 1.29 is 23.7 Å². The van der Waals surface area contributed by atoms with Crippen LogP contribution < -0.4 is 5.32 Å². The molecule has 0 aromatic heterocycles. The van der Waals surface area contributed by atoms with E-state index in [1.807, 2.05) is 0 Å². The van der Waals surface area contributed by atoms with Crippen LogP contribution in [-0.2, 0) is 23.7 Å². The van der Waals surface area contributed by atoms with Gasteiger partial charge in [-0.25, -0.2) is 0 Å². The molecule has 0 aliphatic carbocycles. The average molecular weight is 261 g/mol. The van der Waals surface area contributed by atoms with E-state index in [0.717, 1.165) is 0 Å². The molecule has 2 atom stereocenters. The van der Waals surface area contributed by atoms with Crippen molar-refractivity contribution in [1.29, 1.82) is 0 Å². The molecule has 1 saturated heterocycles. The van der Waals surface area contributed by atoms with Crippen LogP contribution in [0.15, 0.2) is 0 Å². The Morgan fingerprint density at radius 2 is 2.06 bits per heavy atom. The van der Waals surface area contributed by atoms with Crippen LogP contribution in [0.3, 0.4) is 0 Å². The second kappa shape index (κ2) is 9.27. The minimum Gasteiger partial charge on any atom is -0.464 e.